The topological polar surface area (TPSA) is 79.6 Å². The predicted octanol–water partition coefficient (Wildman–Crippen LogP) is 5.33. The second-order valence-electron chi connectivity index (χ2n) is 10.0. The molecule has 0 radical (unpaired) electrons. The van der Waals surface area contributed by atoms with E-state index in [0.29, 0.717) is 17.7 Å². The molecule has 3 fully saturated rings. The van der Waals surface area contributed by atoms with Crippen LogP contribution < -0.4 is 9.64 Å². The maximum absolute atomic E-state index is 14.0. The zero-order valence-corrected chi connectivity index (χ0v) is 21.0. The van der Waals surface area contributed by atoms with Crippen molar-refractivity contribution in [1.29, 1.82) is 5.26 Å². The lowest BCUT2D eigenvalue weighted by Gasteiger charge is -2.31. The lowest BCUT2D eigenvalue weighted by atomic mass is 9.67. The fraction of sp³-hybridized carbons (Fsp3) is 0.345. The molecule has 3 aromatic rings. The summed E-state index contributed by atoms with van der Waals surface area (Å²) in [5, 5.41) is 11.0. The van der Waals surface area contributed by atoms with Gasteiger partial charge in [-0.2, -0.15) is 5.26 Å². The van der Waals surface area contributed by atoms with Crippen molar-refractivity contribution in [1.82, 2.24) is 0 Å². The molecule has 6 nitrogen and oxygen atoms in total. The Kier molecular flexibility index (Phi) is 5.36. The van der Waals surface area contributed by atoms with Gasteiger partial charge in [0.2, 0.25) is 11.8 Å². The van der Waals surface area contributed by atoms with Crippen molar-refractivity contribution in [2.45, 2.75) is 42.3 Å². The van der Waals surface area contributed by atoms with E-state index >= 15 is 0 Å². The molecule has 36 heavy (non-hydrogen) atoms. The van der Waals surface area contributed by atoms with Gasteiger partial charge in [0.05, 0.1) is 47.5 Å². The molecule has 3 aliphatic heterocycles. The highest BCUT2D eigenvalue weighted by Gasteiger charge is 2.73. The highest BCUT2D eigenvalue weighted by molar-refractivity contribution is 7.99. The van der Waals surface area contributed by atoms with E-state index in [4.69, 9.17) is 9.47 Å². The van der Waals surface area contributed by atoms with Gasteiger partial charge in [0.15, 0.2) is 0 Å². The van der Waals surface area contributed by atoms with Crippen LogP contribution in [0.5, 0.6) is 5.75 Å². The normalized spacial score (nSPS) is 28.5. The van der Waals surface area contributed by atoms with Gasteiger partial charge in [-0.05, 0) is 56.5 Å². The summed E-state index contributed by atoms with van der Waals surface area (Å²) >= 11 is 1.71. The molecule has 0 aliphatic carbocycles. The average molecular weight is 499 g/mol. The molecule has 3 heterocycles. The van der Waals surface area contributed by atoms with Crippen molar-refractivity contribution in [3.63, 3.8) is 0 Å². The highest BCUT2D eigenvalue weighted by atomic mass is 32.2. The molecule has 0 spiro atoms. The number of rotatable bonds is 6. The lowest BCUT2D eigenvalue weighted by molar-refractivity contribution is -0.130. The molecule has 3 saturated heterocycles. The number of anilines is 1. The number of methoxy groups -OCH3 is 1. The number of fused-ring (bicyclic) bond motifs is 6. The van der Waals surface area contributed by atoms with Gasteiger partial charge >= 0.3 is 0 Å². The van der Waals surface area contributed by atoms with Gasteiger partial charge in [-0.3, -0.25) is 9.59 Å². The summed E-state index contributed by atoms with van der Waals surface area (Å²) in [4.78, 5) is 30.3. The van der Waals surface area contributed by atoms with Crippen LogP contribution in [0, 0.1) is 23.2 Å². The fourth-order valence-corrected chi connectivity index (χ4v) is 7.51. The minimum atomic E-state index is -0.644. The fourth-order valence-electron chi connectivity index (χ4n) is 6.46. The summed E-state index contributed by atoms with van der Waals surface area (Å²) in [6, 6.07) is 21.0. The standard InChI is InChI=1S/C29H26N2O4S/c1-28-12-13-29(35-28,14-15-36-20-7-5-6-19(16-20)34-2)25-24(28)26(32)31(27(25)33)23-11-10-18(17-30)21-8-3-4-9-22(21)23/h3-11,16,24-25H,12-15H2,1-2H3/t24-,25+,28-,29-/m0/s1. The number of hydrogen-bond acceptors (Lipinski definition) is 6. The largest absolute Gasteiger partial charge is 0.497 e. The van der Waals surface area contributed by atoms with E-state index in [9.17, 15) is 14.9 Å². The number of ether oxygens (including phenoxy) is 2. The third-order valence-electron chi connectivity index (χ3n) is 8.11. The first kappa shape index (κ1) is 23.1. The Labute approximate surface area is 214 Å². The number of imide groups is 1. The molecular formula is C29H26N2O4S. The average Bonchev–Trinajstić information content (AvgIpc) is 3.48. The SMILES string of the molecule is COc1cccc(SCC[C@]23CC[C@](C)(O2)[C@@H]2C(=O)N(c4ccc(C#N)c5ccccc45)C(=O)[C@@H]23)c1. The van der Waals surface area contributed by atoms with Crippen LogP contribution in [0.25, 0.3) is 10.8 Å². The predicted molar refractivity (Wildman–Crippen MR) is 138 cm³/mol. The molecule has 2 amide bonds. The number of nitriles is 1. The van der Waals surface area contributed by atoms with Gasteiger partial charge < -0.3 is 9.47 Å². The van der Waals surface area contributed by atoms with Crippen LogP contribution in [0.1, 0.15) is 31.7 Å². The quantitative estimate of drug-likeness (QED) is 0.338. The van der Waals surface area contributed by atoms with E-state index in [1.54, 1.807) is 31.0 Å². The highest BCUT2D eigenvalue weighted by Crippen LogP contribution is 2.62. The summed E-state index contributed by atoms with van der Waals surface area (Å²) in [7, 11) is 1.65. The van der Waals surface area contributed by atoms with Crippen molar-refractivity contribution in [2.75, 3.05) is 17.8 Å². The first-order valence-electron chi connectivity index (χ1n) is 12.2. The zero-order chi connectivity index (χ0) is 25.1. The van der Waals surface area contributed by atoms with Crippen LogP contribution in [-0.4, -0.2) is 35.9 Å². The molecule has 3 aromatic carbocycles. The maximum Gasteiger partial charge on any atom is 0.240 e. The van der Waals surface area contributed by atoms with Crippen LogP contribution in [-0.2, 0) is 14.3 Å². The Morgan fingerprint density at radius 3 is 2.61 bits per heavy atom. The first-order valence-corrected chi connectivity index (χ1v) is 13.2. The van der Waals surface area contributed by atoms with E-state index in [1.165, 1.54) is 4.90 Å². The van der Waals surface area contributed by atoms with E-state index < -0.39 is 23.0 Å². The van der Waals surface area contributed by atoms with Crippen LogP contribution in [0.15, 0.2) is 65.6 Å². The second-order valence-corrected chi connectivity index (χ2v) is 11.2. The summed E-state index contributed by atoms with van der Waals surface area (Å²) in [6.45, 7) is 1.99. The number of hydrogen-bond donors (Lipinski definition) is 0. The Hall–Kier alpha value is -3.34. The Balaban J connectivity index is 1.32. The van der Waals surface area contributed by atoms with Crippen molar-refractivity contribution in [3.05, 3.63) is 66.2 Å². The Morgan fingerprint density at radius 1 is 1.06 bits per heavy atom. The summed E-state index contributed by atoms with van der Waals surface area (Å²) in [6.07, 6.45) is 2.22. The molecule has 182 valence electrons. The molecule has 2 bridgehead atoms. The number of thioether (sulfide) groups is 1. The number of carbonyl (C=O) groups is 2. The lowest BCUT2D eigenvalue weighted by Crippen LogP contribution is -2.42. The Bertz CT molecular complexity index is 1450. The van der Waals surface area contributed by atoms with Gasteiger partial charge in [0.25, 0.3) is 0 Å². The van der Waals surface area contributed by atoms with Gasteiger partial charge in [-0.25, -0.2) is 4.90 Å². The van der Waals surface area contributed by atoms with Crippen LogP contribution >= 0.6 is 11.8 Å². The number of benzene rings is 3. The molecule has 0 unspecified atom stereocenters. The molecule has 0 saturated carbocycles. The van der Waals surface area contributed by atoms with Crippen molar-refractivity contribution < 1.29 is 19.1 Å². The Morgan fingerprint density at radius 2 is 1.83 bits per heavy atom. The summed E-state index contributed by atoms with van der Waals surface area (Å²) < 4.78 is 11.9. The second kappa shape index (κ2) is 8.36. The van der Waals surface area contributed by atoms with Gasteiger partial charge in [-0.1, -0.05) is 30.3 Å². The summed E-state index contributed by atoms with van der Waals surface area (Å²) in [5.41, 5.74) is -0.211. The molecule has 0 N–H and O–H groups in total. The number of nitrogens with zero attached hydrogens (tertiary/aromatic N) is 2. The maximum atomic E-state index is 14.0. The smallest absolute Gasteiger partial charge is 0.240 e. The van der Waals surface area contributed by atoms with Gasteiger partial charge in [0, 0.05) is 21.4 Å². The van der Waals surface area contributed by atoms with Crippen LogP contribution in [0.2, 0.25) is 0 Å². The number of carbonyl (C=O) groups excluding carboxylic acids is 2. The molecule has 6 rings (SSSR count). The third kappa shape index (κ3) is 3.28. The summed E-state index contributed by atoms with van der Waals surface area (Å²) in [5.74, 6) is 0.219. The molecule has 4 atom stereocenters. The van der Waals surface area contributed by atoms with Crippen LogP contribution in [0.4, 0.5) is 5.69 Å². The van der Waals surface area contributed by atoms with Gasteiger partial charge in [-0.15, -0.1) is 11.8 Å². The zero-order valence-electron chi connectivity index (χ0n) is 20.2. The minimum Gasteiger partial charge on any atom is -0.497 e. The molecular weight excluding hydrogens is 472 g/mol. The molecule has 7 heteroatoms. The van der Waals surface area contributed by atoms with Crippen molar-refractivity contribution in [2.24, 2.45) is 11.8 Å². The van der Waals surface area contributed by atoms with E-state index in [2.05, 4.69) is 6.07 Å². The number of amides is 2. The third-order valence-corrected chi connectivity index (χ3v) is 9.10. The van der Waals surface area contributed by atoms with Crippen molar-refractivity contribution in [3.8, 4) is 11.8 Å². The van der Waals surface area contributed by atoms with E-state index in [1.807, 2.05) is 55.5 Å². The van der Waals surface area contributed by atoms with E-state index in [0.717, 1.165) is 40.0 Å². The minimum absolute atomic E-state index is 0.185. The molecule has 3 aliphatic rings. The van der Waals surface area contributed by atoms with E-state index in [-0.39, 0.29) is 11.8 Å². The first-order chi connectivity index (χ1) is 17.4. The van der Waals surface area contributed by atoms with Gasteiger partial charge in [0.1, 0.15) is 5.75 Å². The monoisotopic (exact) mass is 498 g/mol. The van der Waals surface area contributed by atoms with Crippen molar-refractivity contribution >= 4 is 40.0 Å². The molecule has 0 aromatic heterocycles. The van der Waals surface area contributed by atoms with Crippen LogP contribution in [0.3, 0.4) is 0 Å².